The van der Waals surface area contributed by atoms with Crippen molar-refractivity contribution in [3.05, 3.63) is 0 Å². The van der Waals surface area contributed by atoms with Gasteiger partial charge in [0.2, 0.25) is 5.92 Å². The van der Waals surface area contributed by atoms with Gasteiger partial charge < -0.3 is 14.7 Å². The monoisotopic (exact) mass is 279 g/mol. The van der Waals surface area contributed by atoms with Gasteiger partial charge in [-0.2, -0.15) is 0 Å². The van der Waals surface area contributed by atoms with Crippen LogP contribution in [-0.2, 0) is 9.53 Å². The molecule has 0 atom stereocenters. The molecule has 1 saturated heterocycles. The molecule has 0 unspecified atom stereocenters. The maximum Gasteiger partial charge on any atom is 0.410 e. The zero-order valence-corrected chi connectivity index (χ0v) is 11.5. The van der Waals surface area contributed by atoms with Crippen molar-refractivity contribution in [3.8, 4) is 0 Å². The summed E-state index contributed by atoms with van der Waals surface area (Å²) in [5, 5.41) is 9.07. The smallest absolute Gasteiger partial charge is 0.410 e. The van der Waals surface area contributed by atoms with Gasteiger partial charge in [-0.15, -0.1) is 0 Å². The van der Waals surface area contributed by atoms with Gasteiger partial charge in [0, 0.05) is 19.5 Å². The SMILES string of the molecule is CC(F)(F)CC1(C(=O)O)CN(C(=O)OC(C)(C)C)C1. The molecule has 1 amide bonds. The summed E-state index contributed by atoms with van der Waals surface area (Å²) < 4.78 is 31.1. The van der Waals surface area contributed by atoms with Crippen molar-refractivity contribution in [1.82, 2.24) is 4.90 Å². The van der Waals surface area contributed by atoms with E-state index in [0.29, 0.717) is 6.92 Å². The largest absolute Gasteiger partial charge is 0.481 e. The quantitative estimate of drug-likeness (QED) is 0.861. The van der Waals surface area contributed by atoms with Crippen LogP contribution in [0.5, 0.6) is 0 Å². The van der Waals surface area contributed by atoms with E-state index in [1.54, 1.807) is 20.8 Å². The van der Waals surface area contributed by atoms with E-state index < -0.39 is 35.4 Å². The first-order chi connectivity index (χ1) is 8.35. The van der Waals surface area contributed by atoms with Crippen LogP contribution in [0.4, 0.5) is 13.6 Å². The first kappa shape index (κ1) is 15.7. The number of ether oxygens (including phenoxy) is 1. The van der Waals surface area contributed by atoms with E-state index in [9.17, 15) is 18.4 Å². The number of carboxylic acids is 1. The Bertz CT molecular complexity index is 378. The number of carbonyl (C=O) groups is 2. The lowest BCUT2D eigenvalue weighted by Gasteiger charge is -2.47. The molecule has 19 heavy (non-hydrogen) atoms. The second-order valence-corrected chi connectivity index (χ2v) is 6.17. The van der Waals surface area contributed by atoms with Gasteiger partial charge in [0.05, 0.1) is 0 Å². The lowest BCUT2D eigenvalue weighted by molar-refractivity contribution is -0.169. The van der Waals surface area contributed by atoms with Crippen molar-refractivity contribution in [1.29, 1.82) is 0 Å². The molecule has 1 aliphatic heterocycles. The minimum Gasteiger partial charge on any atom is -0.481 e. The van der Waals surface area contributed by atoms with Crippen LogP contribution in [0.25, 0.3) is 0 Å². The molecule has 0 aliphatic carbocycles. The Balaban J connectivity index is 2.66. The Morgan fingerprint density at radius 1 is 1.26 bits per heavy atom. The van der Waals surface area contributed by atoms with Gasteiger partial charge in [0.25, 0.3) is 0 Å². The number of hydrogen-bond donors (Lipinski definition) is 1. The van der Waals surface area contributed by atoms with E-state index in [1.807, 2.05) is 0 Å². The van der Waals surface area contributed by atoms with Gasteiger partial charge in [-0.05, 0) is 27.7 Å². The molecule has 5 nitrogen and oxygen atoms in total. The highest BCUT2D eigenvalue weighted by Gasteiger charge is 2.55. The van der Waals surface area contributed by atoms with Gasteiger partial charge in [-0.3, -0.25) is 4.79 Å². The van der Waals surface area contributed by atoms with Crippen molar-refractivity contribution in [2.24, 2.45) is 5.41 Å². The van der Waals surface area contributed by atoms with Crippen molar-refractivity contribution < 1.29 is 28.2 Å². The van der Waals surface area contributed by atoms with E-state index in [4.69, 9.17) is 9.84 Å². The van der Waals surface area contributed by atoms with Crippen LogP contribution in [0.3, 0.4) is 0 Å². The first-order valence-corrected chi connectivity index (χ1v) is 5.94. The fourth-order valence-corrected chi connectivity index (χ4v) is 2.06. The third-order valence-electron chi connectivity index (χ3n) is 2.74. The zero-order valence-electron chi connectivity index (χ0n) is 11.5. The molecule has 1 heterocycles. The van der Waals surface area contributed by atoms with Crippen LogP contribution < -0.4 is 0 Å². The summed E-state index contributed by atoms with van der Waals surface area (Å²) in [5.74, 6) is -4.40. The number of halogens is 2. The molecule has 0 spiro atoms. The van der Waals surface area contributed by atoms with Gasteiger partial charge in [0.15, 0.2) is 0 Å². The Labute approximate surface area is 110 Å². The number of hydrogen-bond acceptors (Lipinski definition) is 3. The molecule has 0 radical (unpaired) electrons. The van der Waals surface area contributed by atoms with Crippen LogP contribution in [-0.4, -0.2) is 46.7 Å². The molecular formula is C12H19F2NO4. The molecule has 1 fully saturated rings. The molecule has 1 rings (SSSR count). The second-order valence-electron chi connectivity index (χ2n) is 6.17. The van der Waals surface area contributed by atoms with Crippen molar-refractivity contribution in [3.63, 3.8) is 0 Å². The topological polar surface area (TPSA) is 66.8 Å². The van der Waals surface area contributed by atoms with Crippen LogP contribution in [0.1, 0.15) is 34.1 Å². The molecule has 0 aromatic heterocycles. The maximum atomic E-state index is 13.0. The standard InChI is InChI=1S/C12H19F2NO4/c1-10(2,3)19-9(18)15-6-12(7-15,8(16)17)5-11(4,13)14/h5-7H2,1-4H3,(H,16,17). The first-order valence-electron chi connectivity index (χ1n) is 5.94. The number of amides is 1. The Hall–Kier alpha value is -1.40. The number of likely N-dealkylation sites (tertiary alicyclic amines) is 1. The summed E-state index contributed by atoms with van der Waals surface area (Å²) in [7, 11) is 0. The zero-order chi connectivity index (χ0) is 15.1. The average molecular weight is 279 g/mol. The molecule has 0 aromatic rings. The fourth-order valence-electron chi connectivity index (χ4n) is 2.06. The summed E-state index contributed by atoms with van der Waals surface area (Å²) >= 11 is 0. The number of aliphatic carboxylic acids is 1. The van der Waals surface area contributed by atoms with E-state index >= 15 is 0 Å². The molecule has 1 N–H and O–H groups in total. The predicted molar refractivity (Wildman–Crippen MR) is 63.1 cm³/mol. The summed E-state index contributed by atoms with van der Waals surface area (Å²) in [4.78, 5) is 23.9. The minimum atomic E-state index is -3.08. The number of carbonyl (C=O) groups excluding carboxylic acids is 1. The van der Waals surface area contributed by atoms with Crippen LogP contribution in [0, 0.1) is 5.41 Å². The lowest BCUT2D eigenvalue weighted by Crippen LogP contribution is -2.64. The van der Waals surface area contributed by atoms with Gasteiger partial charge >= 0.3 is 12.1 Å². The molecule has 0 saturated carbocycles. The molecule has 7 heteroatoms. The third-order valence-corrected chi connectivity index (χ3v) is 2.74. The summed E-state index contributed by atoms with van der Waals surface area (Å²) in [6.45, 7) is 5.20. The molecular weight excluding hydrogens is 260 g/mol. The van der Waals surface area contributed by atoms with Crippen molar-refractivity contribution in [2.75, 3.05) is 13.1 Å². The lowest BCUT2D eigenvalue weighted by atomic mass is 9.75. The van der Waals surface area contributed by atoms with E-state index in [1.165, 1.54) is 0 Å². The highest BCUT2D eigenvalue weighted by atomic mass is 19.3. The molecule has 1 aliphatic rings. The van der Waals surface area contributed by atoms with Gasteiger partial charge in [-0.25, -0.2) is 13.6 Å². The van der Waals surface area contributed by atoms with Crippen molar-refractivity contribution >= 4 is 12.1 Å². The van der Waals surface area contributed by atoms with Crippen LogP contribution in [0.2, 0.25) is 0 Å². The third kappa shape index (κ3) is 4.04. The maximum absolute atomic E-state index is 13.0. The van der Waals surface area contributed by atoms with E-state index in [-0.39, 0.29) is 13.1 Å². The van der Waals surface area contributed by atoms with Gasteiger partial charge in [0.1, 0.15) is 11.0 Å². The van der Waals surface area contributed by atoms with E-state index in [2.05, 4.69) is 0 Å². The average Bonchev–Trinajstić information content (AvgIpc) is 2.04. The Morgan fingerprint density at radius 3 is 2.05 bits per heavy atom. The highest BCUT2D eigenvalue weighted by Crippen LogP contribution is 2.40. The van der Waals surface area contributed by atoms with E-state index in [0.717, 1.165) is 4.90 Å². The summed E-state index contributed by atoms with van der Waals surface area (Å²) in [6.07, 6.45) is -1.46. The number of carboxylic acid groups (broad SMARTS) is 1. The molecule has 110 valence electrons. The summed E-state index contributed by atoms with van der Waals surface area (Å²) in [6, 6.07) is 0. The number of rotatable bonds is 3. The fraction of sp³-hybridized carbons (Fsp3) is 0.833. The highest BCUT2D eigenvalue weighted by molar-refractivity contribution is 5.80. The molecule has 0 bridgehead atoms. The Kier molecular flexibility index (Phi) is 3.80. The summed E-state index contributed by atoms with van der Waals surface area (Å²) in [5.41, 5.74) is -2.28. The number of alkyl halides is 2. The number of nitrogens with zero attached hydrogens (tertiary/aromatic N) is 1. The van der Waals surface area contributed by atoms with Crippen LogP contribution >= 0.6 is 0 Å². The van der Waals surface area contributed by atoms with Crippen LogP contribution in [0.15, 0.2) is 0 Å². The predicted octanol–water partition coefficient (Wildman–Crippen LogP) is 2.35. The van der Waals surface area contributed by atoms with Crippen molar-refractivity contribution in [2.45, 2.75) is 45.6 Å². The second kappa shape index (κ2) is 4.61. The Morgan fingerprint density at radius 2 is 1.74 bits per heavy atom. The van der Waals surface area contributed by atoms with Gasteiger partial charge in [-0.1, -0.05) is 0 Å². The molecule has 0 aromatic carbocycles. The normalized spacial score (nSPS) is 18.7. The minimum absolute atomic E-state index is 0.249.